The number of amides is 1. The lowest BCUT2D eigenvalue weighted by molar-refractivity contribution is -0.113. The van der Waals surface area contributed by atoms with Crippen molar-refractivity contribution in [2.24, 2.45) is 0 Å². The zero-order valence-electron chi connectivity index (χ0n) is 14.9. The molecular weight excluding hydrogens is 314 g/mol. The Bertz CT molecular complexity index is 644. The van der Waals surface area contributed by atoms with Crippen molar-refractivity contribution < 1.29 is 4.79 Å². The summed E-state index contributed by atoms with van der Waals surface area (Å²) < 4.78 is 0. The molecule has 0 aromatic heterocycles. The van der Waals surface area contributed by atoms with Crippen LogP contribution in [0.3, 0.4) is 0 Å². The van der Waals surface area contributed by atoms with Crippen molar-refractivity contribution in [2.45, 2.75) is 45.8 Å². The third-order valence-corrected chi connectivity index (χ3v) is 4.84. The second-order valence-corrected chi connectivity index (χ2v) is 7.32. The summed E-state index contributed by atoms with van der Waals surface area (Å²) in [7, 11) is 0. The number of anilines is 1. The average Bonchev–Trinajstić information content (AvgIpc) is 2.53. The largest absolute Gasteiger partial charge is 0.325 e. The Hall–Kier alpha value is -1.74. The number of aryl methyl sites for hydroxylation is 3. The molecule has 3 heteroatoms. The van der Waals surface area contributed by atoms with Crippen molar-refractivity contribution in [1.82, 2.24) is 0 Å². The molecule has 2 rings (SSSR count). The molecule has 2 nitrogen and oxygen atoms in total. The Kier molecular flexibility index (Phi) is 7.38. The van der Waals surface area contributed by atoms with Gasteiger partial charge in [0.05, 0.1) is 5.75 Å². The summed E-state index contributed by atoms with van der Waals surface area (Å²) in [4.78, 5) is 12.1. The Balaban J connectivity index is 1.76. The quantitative estimate of drug-likeness (QED) is 0.685. The van der Waals surface area contributed by atoms with Gasteiger partial charge in [-0.15, -0.1) is 11.8 Å². The van der Waals surface area contributed by atoms with E-state index in [1.165, 1.54) is 35.1 Å². The molecule has 0 aliphatic heterocycles. The highest BCUT2D eigenvalue weighted by Crippen LogP contribution is 2.17. The van der Waals surface area contributed by atoms with Gasteiger partial charge in [0.15, 0.2) is 0 Å². The van der Waals surface area contributed by atoms with Crippen LogP contribution in [-0.2, 0) is 17.0 Å². The van der Waals surface area contributed by atoms with E-state index in [1.54, 1.807) is 11.8 Å². The van der Waals surface area contributed by atoms with E-state index in [0.717, 1.165) is 17.9 Å². The van der Waals surface area contributed by atoms with E-state index >= 15 is 0 Å². The molecule has 0 aliphatic carbocycles. The average molecular weight is 342 g/mol. The number of hydrogen-bond donors (Lipinski definition) is 1. The van der Waals surface area contributed by atoms with Crippen LogP contribution < -0.4 is 5.32 Å². The molecule has 0 heterocycles. The van der Waals surface area contributed by atoms with E-state index in [4.69, 9.17) is 0 Å². The molecular formula is C21H27NOS. The number of unbranched alkanes of at least 4 members (excludes halogenated alkanes) is 1. The summed E-state index contributed by atoms with van der Waals surface area (Å²) in [5.74, 6) is 1.40. The lowest BCUT2D eigenvalue weighted by Crippen LogP contribution is -2.14. The fourth-order valence-corrected chi connectivity index (χ4v) is 3.51. The van der Waals surface area contributed by atoms with Gasteiger partial charge in [-0.1, -0.05) is 54.8 Å². The molecule has 0 saturated heterocycles. The number of nitrogens with one attached hydrogen (secondary N) is 1. The molecule has 0 aliphatic rings. The molecule has 128 valence electrons. The van der Waals surface area contributed by atoms with E-state index in [2.05, 4.69) is 56.4 Å². The van der Waals surface area contributed by atoms with Crippen molar-refractivity contribution in [1.29, 1.82) is 0 Å². The van der Waals surface area contributed by atoms with Gasteiger partial charge in [0.25, 0.3) is 0 Å². The summed E-state index contributed by atoms with van der Waals surface area (Å²) in [6.45, 7) is 6.42. The highest BCUT2D eigenvalue weighted by molar-refractivity contribution is 7.99. The highest BCUT2D eigenvalue weighted by Gasteiger charge is 2.04. The molecule has 0 spiro atoms. The van der Waals surface area contributed by atoms with Crippen LogP contribution in [0, 0.1) is 13.8 Å². The Morgan fingerprint density at radius 2 is 1.67 bits per heavy atom. The molecule has 0 bridgehead atoms. The first-order valence-electron chi connectivity index (χ1n) is 8.60. The minimum Gasteiger partial charge on any atom is -0.325 e. The smallest absolute Gasteiger partial charge is 0.234 e. The fraction of sp³-hybridized carbons (Fsp3) is 0.381. The van der Waals surface area contributed by atoms with Crippen LogP contribution in [0.25, 0.3) is 0 Å². The van der Waals surface area contributed by atoms with Gasteiger partial charge >= 0.3 is 0 Å². The minimum atomic E-state index is 0.0608. The van der Waals surface area contributed by atoms with Gasteiger partial charge in [-0.2, -0.15) is 0 Å². The number of carbonyl (C=O) groups excluding carboxylic acids is 1. The minimum absolute atomic E-state index is 0.0608. The molecule has 2 aromatic carbocycles. The van der Waals surface area contributed by atoms with Crippen LogP contribution in [0.5, 0.6) is 0 Å². The van der Waals surface area contributed by atoms with Crippen LogP contribution in [0.2, 0.25) is 0 Å². The van der Waals surface area contributed by atoms with Gasteiger partial charge in [0.1, 0.15) is 0 Å². The van der Waals surface area contributed by atoms with E-state index in [9.17, 15) is 4.79 Å². The van der Waals surface area contributed by atoms with Gasteiger partial charge in [-0.05, 0) is 49.9 Å². The maximum Gasteiger partial charge on any atom is 0.234 e. The summed E-state index contributed by atoms with van der Waals surface area (Å²) in [6.07, 6.45) is 3.52. The van der Waals surface area contributed by atoms with Crippen molar-refractivity contribution in [3.8, 4) is 0 Å². The maximum atomic E-state index is 12.1. The highest BCUT2D eigenvalue weighted by atomic mass is 32.2. The number of thioether (sulfide) groups is 1. The SMILES string of the molecule is CCCCc1ccc(NC(=O)CSCc2cc(C)cc(C)c2)cc1. The zero-order valence-corrected chi connectivity index (χ0v) is 15.7. The van der Waals surface area contributed by atoms with Gasteiger partial charge < -0.3 is 5.32 Å². The predicted molar refractivity (Wildman–Crippen MR) is 106 cm³/mol. The standard InChI is InChI=1S/C21H27NOS/c1-4-5-6-18-7-9-20(10-8-18)22-21(23)15-24-14-19-12-16(2)11-17(3)13-19/h7-13H,4-6,14-15H2,1-3H3,(H,22,23). The molecule has 1 N–H and O–H groups in total. The van der Waals surface area contributed by atoms with Crippen LogP contribution >= 0.6 is 11.8 Å². The first-order valence-corrected chi connectivity index (χ1v) is 9.76. The van der Waals surface area contributed by atoms with Gasteiger partial charge in [-0.3, -0.25) is 4.79 Å². The summed E-state index contributed by atoms with van der Waals surface area (Å²) in [5, 5.41) is 2.97. The molecule has 0 saturated carbocycles. The summed E-state index contributed by atoms with van der Waals surface area (Å²) in [6, 6.07) is 14.8. The molecule has 0 atom stereocenters. The first-order chi connectivity index (χ1) is 11.6. The first kappa shape index (κ1) is 18.6. The Morgan fingerprint density at radius 1 is 1.00 bits per heavy atom. The second kappa shape index (κ2) is 9.53. The number of hydrogen-bond acceptors (Lipinski definition) is 2. The maximum absolute atomic E-state index is 12.1. The fourth-order valence-electron chi connectivity index (χ4n) is 2.75. The normalized spacial score (nSPS) is 10.6. The third-order valence-electron chi connectivity index (χ3n) is 3.84. The predicted octanol–water partition coefficient (Wildman–Crippen LogP) is 5.52. The van der Waals surface area contributed by atoms with E-state index in [-0.39, 0.29) is 5.91 Å². The van der Waals surface area contributed by atoms with Crippen LogP contribution in [0.1, 0.15) is 42.0 Å². The zero-order chi connectivity index (χ0) is 17.4. The lowest BCUT2D eigenvalue weighted by Gasteiger charge is -2.07. The molecule has 0 fully saturated rings. The molecule has 0 radical (unpaired) electrons. The lowest BCUT2D eigenvalue weighted by atomic mass is 10.1. The van der Waals surface area contributed by atoms with Crippen molar-refractivity contribution >= 4 is 23.4 Å². The number of benzene rings is 2. The summed E-state index contributed by atoms with van der Waals surface area (Å²) >= 11 is 1.65. The summed E-state index contributed by atoms with van der Waals surface area (Å²) in [5.41, 5.74) is 6.05. The number of carbonyl (C=O) groups is 1. The van der Waals surface area contributed by atoms with Gasteiger partial charge in [-0.25, -0.2) is 0 Å². The van der Waals surface area contributed by atoms with Gasteiger partial charge in [0.2, 0.25) is 5.91 Å². The molecule has 1 amide bonds. The molecule has 24 heavy (non-hydrogen) atoms. The topological polar surface area (TPSA) is 29.1 Å². The molecule has 0 unspecified atom stereocenters. The van der Waals surface area contributed by atoms with Crippen molar-refractivity contribution in [3.63, 3.8) is 0 Å². The van der Waals surface area contributed by atoms with Crippen LogP contribution in [0.15, 0.2) is 42.5 Å². The Labute approximate surface area is 150 Å². The number of rotatable bonds is 8. The Morgan fingerprint density at radius 3 is 2.29 bits per heavy atom. The van der Waals surface area contributed by atoms with Crippen LogP contribution in [-0.4, -0.2) is 11.7 Å². The second-order valence-electron chi connectivity index (χ2n) is 6.34. The van der Waals surface area contributed by atoms with Crippen molar-refractivity contribution in [2.75, 3.05) is 11.1 Å². The van der Waals surface area contributed by atoms with Gasteiger partial charge in [0, 0.05) is 11.4 Å². The molecule has 2 aromatic rings. The van der Waals surface area contributed by atoms with E-state index in [0.29, 0.717) is 5.75 Å². The van der Waals surface area contributed by atoms with Crippen molar-refractivity contribution in [3.05, 3.63) is 64.7 Å². The third kappa shape index (κ3) is 6.40. The van der Waals surface area contributed by atoms with E-state index in [1.807, 2.05) is 12.1 Å². The monoisotopic (exact) mass is 341 g/mol. The van der Waals surface area contributed by atoms with E-state index < -0.39 is 0 Å². The van der Waals surface area contributed by atoms with Crippen LogP contribution in [0.4, 0.5) is 5.69 Å².